The highest BCUT2D eigenvalue weighted by Crippen LogP contribution is 2.52. The summed E-state index contributed by atoms with van der Waals surface area (Å²) in [5, 5.41) is 0. The van der Waals surface area contributed by atoms with Gasteiger partial charge in [0.2, 0.25) is 0 Å². The van der Waals surface area contributed by atoms with Crippen molar-refractivity contribution in [3.05, 3.63) is 179 Å². The lowest BCUT2D eigenvalue weighted by molar-refractivity contribution is 0.359. The molecule has 0 amide bonds. The van der Waals surface area contributed by atoms with Crippen molar-refractivity contribution in [2.24, 2.45) is 0 Å². The molecule has 0 bridgehead atoms. The molecule has 0 radical (unpaired) electrons. The number of rotatable bonds is 4. The molecule has 9 rings (SSSR count). The third kappa shape index (κ3) is 4.68. The summed E-state index contributed by atoms with van der Waals surface area (Å²) in [6, 6.07) is 52.4. The average molecular weight is 621 g/mol. The van der Waals surface area contributed by atoms with Gasteiger partial charge in [0.25, 0.3) is 0 Å². The molecule has 0 unspecified atom stereocenters. The van der Waals surface area contributed by atoms with Gasteiger partial charge in [-0.25, -0.2) is 9.97 Å². The zero-order valence-corrected chi connectivity index (χ0v) is 26.7. The topological polar surface area (TPSA) is 44.2 Å². The van der Waals surface area contributed by atoms with E-state index in [2.05, 4.69) is 86.6 Å². The van der Waals surface area contributed by atoms with Gasteiger partial charge in [0.05, 0.1) is 11.4 Å². The highest BCUT2D eigenvalue weighted by Gasteiger charge is 2.38. The lowest BCUT2D eigenvalue weighted by atomic mass is 9.64. The summed E-state index contributed by atoms with van der Waals surface area (Å²) in [5.74, 6) is 3.50. The Morgan fingerprint density at radius 2 is 0.979 bits per heavy atom. The summed E-state index contributed by atoms with van der Waals surface area (Å²) < 4.78 is 13.1. The van der Waals surface area contributed by atoms with Crippen molar-refractivity contribution >= 4 is 0 Å². The van der Waals surface area contributed by atoms with Gasteiger partial charge in [0.1, 0.15) is 0 Å². The van der Waals surface area contributed by atoms with Crippen molar-refractivity contribution in [2.75, 3.05) is 0 Å². The molecule has 4 nitrogen and oxygen atoms in total. The van der Waals surface area contributed by atoms with E-state index in [1.165, 1.54) is 27.8 Å². The zero-order valence-electron chi connectivity index (χ0n) is 26.7. The largest absolute Gasteiger partial charge is 0.450 e. The van der Waals surface area contributed by atoms with Gasteiger partial charge in [0, 0.05) is 28.0 Å². The SMILES string of the molecule is CC1(C)c2ccccc2C(c2ccc3c(c2)Oc2cc(-c4cc(-c5ccccc5)nc(-c5ccccc5)n4)ccc2O3)c2ccccc21. The first-order valence-corrected chi connectivity index (χ1v) is 16.4. The van der Waals surface area contributed by atoms with E-state index in [4.69, 9.17) is 19.4 Å². The van der Waals surface area contributed by atoms with E-state index in [9.17, 15) is 0 Å². The Hall–Kier alpha value is -6.00. The van der Waals surface area contributed by atoms with Crippen LogP contribution in [0.5, 0.6) is 23.0 Å². The summed E-state index contributed by atoms with van der Waals surface area (Å²) >= 11 is 0. The fraction of sp³-hybridized carbons (Fsp3) is 0.0909. The fourth-order valence-electron chi connectivity index (χ4n) is 7.31. The van der Waals surface area contributed by atoms with E-state index in [0.29, 0.717) is 28.8 Å². The molecule has 1 aliphatic heterocycles. The van der Waals surface area contributed by atoms with Gasteiger partial charge in [-0.3, -0.25) is 0 Å². The van der Waals surface area contributed by atoms with Crippen molar-refractivity contribution in [1.29, 1.82) is 0 Å². The quantitative estimate of drug-likeness (QED) is 0.196. The molecule has 230 valence electrons. The van der Waals surface area contributed by atoms with Crippen LogP contribution in [0.1, 0.15) is 47.6 Å². The molecule has 2 heterocycles. The molecule has 1 aromatic heterocycles. The summed E-state index contributed by atoms with van der Waals surface area (Å²) in [6.07, 6.45) is 0. The predicted octanol–water partition coefficient (Wildman–Crippen LogP) is 11.2. The molecule has 0 spiro atoms. The van der Waals surface area contributed by atoms with Crippen LogP contribution in [-0.2, 0) is 5.41 Å². The van der Waals surface area contributed by atoms with Crippen molar-refractivity contribution < 1.29 is 9.47 Å². The zero-order chi connectivity index (χ0) is 32.2. The first-order chi connectivity index (χ1) is 23.5. The molecule has 4 heteroatoms. The molecule has 6 aromatic carbocycles. The van der Waals surface area contributed by atoms with Crippen LogP contribution in [0, 0.1) is 0 Å². The molecule has 2 aliphatic rings. The van der Waals surface area contributed by atoms with Crippen molar-refractivity contribution in [3.8, 4) is 56.9 Å². The Bertz CT molecular complexity index is 2220. The standard InChI is InChI=1S/C44H32N2O2/c1-44(2)34-19-11-9-17-32(34)42(33-18-10-12-20-35(33)44)31-22-24-39-41(26-31)48-40-25-30(21-23-38(40)47-39)37-27-36(28-13-5-3-6-14-28)45-43(46-37)29-15-7-4-8-16-29/h3-27,42H,1-2H3. The highest BCUT2D eigenvalue weighted by molar-refractivity contribution is 5.74. The first-order valence-electron chi connectivity index (χ1n) is 16.4. The second-order valence-electron chi connectivity index (χ2n) is 13.0. The van der Waals surface area contributed by atoms with Crippen molar-refractivity contribution in [1.82, 2.24) is 9.97 Å². The van der Waals surface area contributed by atoms with Gasteiger partial charge in [-0.2, -0.15) is 0 Å². The van der Waals surface area contributed by atoms with Crippen LogP contribution < -0.4 is 9.47 Å². The smallest absolute Gasteiger partial charge is 0.170 e. The van der Waals surface area contributed by atoms with Crippen LogP contribution in [0.25, 0.3) is 33.9 Å². The van der Waals surface area contributed by atoms with Gasteiger partial charge in [0.15, 0.2) is 28.8 Å². The molecule has 48 heavy (non-hydrogen) atoms. The molecule has 0 atom stereocenters. The average Bonchev–Trinajstić information content (AvgIpc) is 3.14. The summed E-state index contributed by atoms with van der Waals surface area (Å²) in [4.78, 5) is 9.96. The lowest BCUT2D eigenvalue weighted by Gasteiger charge is -2.39. The third-order valence-electron chi connectivity index (χ3n) is 9.70. The molecule has 0 N–H and O–H groups in total. The van der Waals surface area contributed by atoms with E-state index in [0.717, 1.165) is 28.1 Å². The minimum atomic E-state index is -0.0887. The molecular formula is C44H32N2O2. The second kappa shape index (κ2) is 11.1. The fourth-order valence-corrected chi connectivity index (χ4v) is 7.31. The lowest BCUT2D eigenvalue weighted by Crippen LogP contribution is -2.29. The Morgan fingerprint density at radius 3 is 1.65 bits per heavy atom. The van der Waals surface area contributed by atoms with Crippen molar-refractivity contribution in [2.45, 2.75) is 25.2 Å². The Labute approximate surface area is 280 Å². The van der Waals surface area contributed by atoms with Gasteiger partial charge in [-0.15, -0.1) is 0 Å². The van der Waals surface area contributed by atoms with Gasteiger partial charge >= 0.3 is 0 Å². The Balaban J connectivity index is 1.11. The van der Waals surface area contributed by atoms with Crippen LogP contribution in [0.15, 0.2) is 152 Å². The van der Waals surface area contributed by atoms with Crippen LogP contribution in [0.2, 0.25) is 0 Å². The van der Waals surface area contributed by atoms with Gasteiger partial charge in [-0.1, -0.05) is 129 Å². The predicted molar refractivity (Wildman–Crippen MR) is 191 cm³/mol. The third-order valence-corrected chi connectivity index (χ3v) is 9.70. The summed E-state index contributed by atoms with van der Waals surface area (Å²) in [6.45, 7) is 4.64. The number of fused-ring (bicyclic) bond motifs is 4. The van der Waals surface area contributed by atoms with Crippen LogP contribution >= 0.6 is 0 Å². The van der Waals surface area contributed by atoms with E-state index in [-0.39, 0.29) is 11.3 Å². The molecule has 0 fully saturated rings. The van der Waals surface area contributed by atoms with Crippen LogP contribution in [-0.4, -0.2) is 9.97 Å². The molecule has 7 aromatic rings. The van der Waals surface area contributed by atoms with E-state index in [1.807, 2.05) is 78.9 Å². The maximum Gasteiger partial charge on any atom is 0.170 e. The van der Waals surface area contributed by atoms with E-state index in [1.54, 1.807) is 0 Å². The highest BCUT2D eigenvalue weighted by atomic mass is 16.6. The Kier molecular flexibility index (Phi) is 6.51. The first kappa shape index (κ1) is 28.2. The number of ether oxygens (including phenoxy) is 2. The van der Waals surface area contributed by atoms with Crippen LogP contribution in [0.3, 0.4) is 0 Å². The maximum absolute atomic E-state index is 6.65. The minimum absolute atomic E-state index is 0.0842. The van der Waals surface area contributed by atoms with E-state index < -0.39 is 0 Å². The molecule has 0 saturated carbocycles. The number of benzene rings is 6. The monoisotopic (exact) mass is 620 g/mol. The van der Waals surface area contributed by atoms with Gasteiger partial charge < -0.3 is 9.47 Å². The van der Waals surface area contributed by atoms with E-state index >= 15 is 0 Å². The normalized spacial score (nSPS) is 14.0. The van der Waals surface area contributed by atoms with Gasteiger partial charge in [-0.05, 0) is 64.2 Å². The number of hydrogen-bond donors (Lipinski definition) is 0. The molecular weight excluding hydrogens is 588 g/mol. The molecule has 1 aliphatic carbocycles. The number of nitrogens with zero attached hydrogens (tertiary/aromatic N) is 2. The Morgan fingerprint density at radius 1 is 0.458 bits per heavy atom. The molecule has 0 saturated heterocycles. The van der Waals surface area contributed by atoms with Crippen LogP contribution in [0.4, 0.5) is 0 Å². The second-order valence-corrected chi connectivity index (χ2v) is 13.0. The maximum atomic E-state index is 6.65. The number of aromatic nitrogens is 2. The number of hydrogen-bond acceptors (Lipinski definition) is 4. The summed E-state index contributed by atoms with van der Waals surface area (Å²) in [7, 11) is 0. The minimum Gasteiger partial charge on any atom is -0.450 e. The van der Waals surface area contributed by atoms with Crippen molar-refractivity contribution in [3.63, 3.8) is 0 Å². The summed E-state index contributed by atoms with van der Waals surface area (Å²) in [5.41, 5.74) is 11.0.